The SMILES string of the molecule is CCOC(=O)c1c(CCC=O)c2c(C)c(C)c(C)c(C)c2n1C. The Hall–Kier alpha value is -2.10. The minimum Gasteiger partial charge on any atom is -0.461 e. The van der Waals surface area contributed by atoms with Gasteiger partial charge in [0, 0.05) is 18.9 Å². The lowest BCUT2D eigenvalue weighted by Crippen LogP contribution is -2.12. The van der Waals surface area contributed by atoms with Gasteiger partial charge in [-0.15, -0.1) is 0 Å². The molecule has 0 aliphatic heterocycles. The van der Waals surface area contributed by atoms with Crippen molar-refractivity contribution in [2.24, 2.45) is 7.05 Å². The van der Waals surface area contributed by atoms with E-state index in [-0.39, 0.29) is 5.97 Å². The van der Waals surface area contributed by atoms with Gasteiger partial charge in [-0.05, 0) is 68.9 Å². The van der Waals surface area contributed by atoms with Gasteiger partial charge in [-0.1, -0.05) is 0 Å². The maximum absolute atomic E-state index is 12.5. The number of ether oxygens (including phenoxy) is 1. The molecule has 0 radical (unpaired) electrons. The van der Waals surface area contributed by atoms with Crippen LogP contribution in [0.15, 0.2) is 0 Å². The summed E-state index contributed by atoms with van der Waals surface area (Å²) in [6.45, 7) is 10.5. The van der Waals surface area contributed by atoms with Crippen LogP contribution in [0.2, 0.25) is 0 Å². The van der Waals surface area contributed by atoms with Crippen molar-refractivity contribution in [2.45, 2.75) is 47.5 Å². The molecule has 124 valence electrons. The zero-order valence-electron chi connectivity index (χ0n) is 14.9. The second kappa shape index (κ2) is 6.57. The van der Waals surface area contributed by atoms with Gasteiger partial charge in [0.05, 0.1) is 12.1 Å². The van der Waals surface area contributed by atoms with Crippen LogP contribution >= 0.6 is 0 Å². The van der Waals surface area contributed by atoms with Crippen molar-refractivity contribution < 1.29 is 14.3 Å². The van der Waals surface area contributed by atoms with E-state index in [1.165, 1.54) is 22.3 Å². The van der Waals surface area contributed by atoms with Gasteiger partial charge in [-0.2, -0.15) is 0 Å². The molecule has 0 saturated heterocycles. The molecule has 0 atom stereocenters. The lowest BCUT2D eigenvalue weighted by molar-refractivity contribution is -0.107. The van der Waals surface area contributed by atoms with Crippen LogP contribution in [0.25, 0.3) is 10.9 Å². The maximum atomic E-state index is 12.5. The Morgan fingerprint density at radius 3 is 2.26 bits per heavy atom. The van der Waals surface area contributed by atoms with Crippen molar-refractivity contribution in [3.63, 3.8) is 0 Å². The van der Waals surface area contributed by atoms with Gasteiger partial charge in [-0.3, -0.25) is 0 Å². The Morgan fingerprint density at radius 1 is 1.09 bits per heavy atom. The number of benzene rings is 1. The minimum atomic E-state index is -0.318. The second-order valence-corrected chi connectivity index (χ2v) is 6.04. The lowest BCUT2D eigenvalue weighted by Gasteiger charge is -2.13. The van der Waals surface area contributed by atoms with Crippen molar-refractivity contribution in [1.82, 2.24) is 4.57 Å². The van der Waals surface area contributed by atoms with E-state index in [4.69, 9.17) is 4.74 Å². The average molecular weight is 315 g/mol. The predicted octanol–water partition coefficient (Wildman–Crippen LogP) is 3.72. The lowest BCUT2D eigenvalue weighted by atomic mass is 9.92. The van der Waals surface area contributed by atoms with Crippen LogP contribution in [-0.2, 0) is 23.0 Å². The van der Waals surface area contributed by atoms with Crippen LogP contribution in [0.1, 0.15) is 51.7 Å². The number of rotatable bonds is 5. The molecule has 1 aromatic heterocycles. The third kappa shape index (κ3) is 2.67. The zero-order valence-corrected chi connectivity index (χ0v) is 14.9. The van der Waals surface area contributed by atoms with Crippen LogP contribution in [0, 0.1) is 27.7 Å². The number of hydrogen-bond acceptors (Lipinski definition) is 3. The summed E-state index contributed by atoms with van der Waals surface area (Å²) in [5, 5.41) is 1.10. The first-order valence-corrected chi connectivity index (χ1v) is 8.05. The van der Waals surface area contributed by atoms with E-state index in [9.17, 15) is 9.59 Å². The van der Waals surface area contributed by atoms with Gasteiger partial charge in [-0.25, -0.2) is 4.79 Å². The molecule has 0 aliphatic carbocycles. The Labute approximate surface area is 137 Å². The molecule has 1 aromatic carbocycles. The monoisotopic (exact) mass is 315 g/mol. The summed E-state index contributed by atoms with van der Waals surface area (Å²) in [6.07, 6.45) is 1.85. The summed E-state index contributed by atoms with van der Waals surface area (Å²) in [4.78, 5) is 23.4. The zero-order chi connectivity index (χ0) is 17.3. The fourth-order valence-electron chi connectivity index (χ4n) is 3.42. The molecule has 0 unspecified atom stereocenters. The highest BCUT2D eigenvalue weighted by Crippen LogP contribution is 2.35. The van der Waals surface area contributed by atoms with E-state index < -0.39 is 0 Å². The largest absolute Gasteiger partial charge is 0.461 e. The number of aromatic nitrogens is 1. The van der Waals surface area contributed by atoms with E-state index in [0.29, 0.717) is 25.1 Å². The summed E-state index contributed by atoms with van der Waals surface area (Å²) in [5.41, 5.74) is 7.39. The molecule has 0 amide bonds. The Kier molecular flexibility index (Phi) is 4.93. The summed E-state index contributed by atoms with van der Waals surface area (Å²) in [6, 6.07) is 0. The number of carbonyl (C=O) groups is 2. The van der Waals surface area contributed by atoms with Gasteiger partial charge in [0.2, 0.25) is 0 Å². The normalized spacial score (nSPS) is 11.0. The fourth-order valence-corrected chi connectivity index (χ4v) is 3.42. The molecule has 2 aromatic rings. The third-order valence-electron chi connectivity index (χ3n) is 4.89. The van der Waals surface area contributed by atoms with Crippen molar-refractivity contribution in [3.05, 3.63) is 33.5 Å². The number of hydrogen-bond donors (Lipinski definition) is 0. The highest BCUT2D eigenvalue weighted by atomic mass is 16.5. The van der Waals surface area contributed by atoms with Crippen LogP contribution in [0.5, 0.6) is 0 Å². The highest BCUT2D eigenvalue weighted by Gasteiger charge is 2.25. The predicted molar refractivity (Wildman–Crippen MR) is 92.2 cm³/mol. The first-order chi connectivity index (χ1) is 10.9. The van der Waals surface area contributed by atoms with E-state index in [1.807, 2.05) is 11.6 Å². The maximum Gasteiger partial charge on any atom is 0.355 e. The van der Waals surface area contributed by atoms with Gasteiger partial charge in [0.1, 0.15) is 12.0 Å². The van der Waals surface area contributed by atoms with E-state index in [0.717, 1.165) is 22.8 Å². The van der Waals surface area contributed by atoms with Crippen LogP contribution in [0.3, 0.4) is 0 Å². The second-order valence-electron chi connectivity index (χ2n) is 6.04. The molecule has 0 aliphatic rings. The van der Waals surface area contributed by atoms with Crippen molar-refractivity contribution >= 4 is 23.2 Å². The summed E-state index contributed by atoms with van der Waals surface area (Å²) >= 11 is 0. The van der Waals surface area contributed by atoms with E-state index in [1.54, 1.807) is 6.92 Å². The fraction of sp³-hybridized carbons (Fsp3) is 0.474. The molecule has 0 spiro atoms. The number of aldehydes is 1. The van der Waals surface area contributed by atoms with E-state index in [2.05, 4.69) is 27.7 Å². The molecule has 23 heavy (non-hydrogen) atoms. The van der Waals surface area contributed by atoms with Crippen LogP contribution in [-0.4, -0.2) is 23.4 Å². The standard InChI is InChI=1S/C19H25NO3/c1-7-23-19(22)18-15(9-8-10-21)16-13(4)11(2)12(3)14(5)17(16)20(18)6/h10H,7-9H2,1-6H3. The molecule has 1 heterocycles. The number of nitrogens with zero attached hydrogens (tertiary/aromatic N) is 1. The molecular weight excluding hydrogens is 290 g/mol. The van der Waals surface area contributed by atoms with Gasteiger partial charge < -0.3 is 14.1 Å². The summed E-state index contributed by atoms with van der Waals surface area (Å²) < 4.78 is 7.18. The molecular formula is C19H25NO3. The van der Waals surface area contributed by atoms with Gasteiger partial charge in [0.15, 0.2) is 0 Å². The Bertz CT molecular complexity index is 784. The summed E-state index contributed by atoms with van der Waals surface area (Å²) in [7, 11) is 1.90. The average Bonchev–Trinajstić information content (AvgIpc) is 2.81. The number of aryl methyl sites for hydroxylation is 4. The topological polar surface area (TPSA) is 48.3 Å². The first kappa shape index (κ1) is 17.3. The molecule has 0 fully saturated rings. The highest BCUT2D eigenvalue weighted by molar-refractivity contribution is 6.02. The number of esters is 1. The molecule has 0 bridgehead atoms. The van der Waals surface area contributed by atoms with Crippen molar-refractivity contribution in [2.75, 3.05) is 6.61 Å². The van der Waals surface area contributed by atoms with E-state index >= 15 is 0 Å². The van der Waals surface area contributed by atoms with Crippen molar-refractivity contribution in [3.8, 4) is 0 Å². The van der Waals surface area contributed by atoms with Gasteiger partial charge in [0.25, 0.3) is 0 Å². The molecule has 2 rings (SSSR count). The molecule has 4 nitrogen and oxygen atoms in total. The molecule has 0 N–H and O–H groups in total. The smallest absolute Gasteiger partial charge is 0.355 e. The first-order valence-electron chi connectivity index (χ1n) is 8.05. The third-order valence-corrected chi connectivity index (χ3v) is 4.89. The Morgan fingerprint density at radius 2 is 1.70 bits per heavy atom. The molecule has 0 saturated carbocycles. The number of carbonyl (C=O) groups excluding carboxylic acids is 2. The molecule has 4 heteroatoms. The summed E-state index contributed by atoms with van der Waals surface area (Å²) in [5.74, 6) is -0.318. The van der Waals surface area contributed by atoms with Crippen molar-refractivity contribution in [1.29, 1.82) is 0 Å². The van der Waals surface area contributed by atoms with Crippen LogP contribution in [0.4, 0.5) is 0 Å². The van der Waals surface area contributed by atoms with Crippen LogP contribution < -0.4 is 0 Å². The number of fused-ring (bicyclic) bond motifs is 1. The Balaban J connectivity index is 2.92. The quantitative estimate of drug-likeness (QED) is 0.624. The van der Waals surface area contributed by atoms with Gasteiger partial charge >= 0.3 is 5.97 Å². The minimum absolute atomic E-state index is 0.318.